The van der Waals surface area contributed by atoms with Gasteiger partial charge in [0.05, 0.1) is 23.0 Å². The molecule has 0 saturated heterocycles. The van der Waals surface area contributed by atoms with E-state index in [0.29, 0.717) is 19.5 Å². The fourth-order valence-corrected chi connectivity index (χ4v) is 4.58. The number of nitrogens with two attached hydrogens (primary N) is 1. The van der Waals surface area contributed by atoms with E-state index in [4.69, 9.17) is 5.73 Å². The van der Waals surface area contributed by atoms with Gasteiger partial charge in [0.2, 0.25) is 11.8 Å². The van der Waals surface area contributed by atoms with Crippen LogP contribution in [0.25, 0.3) is 0 Å². The van der Waals surface area contributed by atoms with Crippen molar-refractivity contribution in [1.29, 1.82) is 0 Å². The second-order valence-electron chi connectivity index (χ2n) is 8.23. The highest BCUT2D eigenvalue weighted by Crippen LogP contribution is 2.34. The number of amides is 2. The average Bonchev–Trinajstić information content (AvgIpc) is 3.10. The number of rotatable bonds is 5. The van der Waals surface area contributed by atoms with Crippen molar-refractivity contribution in [3.63, 3.8) is 0 Å². The lowest BCUT2D eigenvalue weighted by Gasteiger charge is -2.34. The summed E-state index contributed by atoms with van der Waals surface area (Å²) in [5.41, 5.74) is 11.4. The number of para-hydroxylation sites is 1. The van der Waals surface area contributed by atoms with Gasteiger partial charge in [0.1, 0.15) is 5.92 Å². The maximum atomic E-state index is 13.1. The van der Waals surface area contributed by atoms with E-state index in [-0.39, 0.29) is 23.8 Å². The van der Waals surface area contributed by atoms with Crippen LogP contribution in [0, 0.1) is 5.92 Å². The van der Waals surface area contributed by atoms with E-state index in [2.05, 4.69) is 15.8 Å². The van der Waals surface area contributed by atoms with Gasteiger partial charge in [0.15, 0.2) is 0 Å². The third kappa shape index (κ3) is 3.28. The van der Waals surface area contributed by atoms with Crippen molar-refractivity contribution >= 4 is 23.2 Å². The molecule has 150 valence electrons. The number of hydrogen-bond donors (Lipinski definition) is 3. The fourth-order valence-electron chi connectivity index (χ4n) is 4.58. The first-order chi connectivity index (χ1) is 13.5. The lowest BCUT2D eigenvalue weighted by atomic mass is 9.82. The zero-order valence-corrected chi connectivity index (χ0v) is 16.4. The van der Waals surface area contributed by atoms with Gasteiger partial charge in [-0.2, -0.15) is 5.10 Å². The molecule has 1 aromatic rings. The van der Waals surface area contributed by atoms with Crippen molar-refractivity contribution in [2.75, 3.05) is 18.0 Å². The monoisotopic (exact) mass is 383 g/mol. The number of fused-ring (bicyclic) bond motifs is 3. The van der Waals surface area contributed by atoms with Crippen molar-refractivity contribution in [2.24, 2.45) is 16.8 Å². The molecule has 4 N–H and O–H groups in total. The van der Waals surface area contributed by atoms with Crippen LogP contribution in [0.1, 0.15) is 51.0 Å². The van der Waals surface area contributed by atoms with Gasteiger partial charge in [-0.1, -0.05) is 37.5 Å². The summed E-state index contributed by atoms with van der Waals surface area (Å²) in [6.45, 7) is 3.06. The van der Waals surface area contributed by atoms with Crippen LogP contribution in [-0.2, 0) is 9.59 Å². The number of nitrogens with zero attached hydrogens (tertiary/aromatic N) is 2. The van der Waals surface area contributed by atoms with Crippen LogP contribution < -0.4 is 21.4 Å². The molecular weight excluding hydrogens is 354 g/mol. The standard InChI is InChI=1S/C21H29N5O2/c1-14-17-18(25-24-14)15-8-3-4-9-16(15)26(19(17)27)13-7-12-23-20(28)21(22)10-5-2-6-11-21/h3-4,8-9,14,17,24H,2,5-7,10-13,22H2,1H3,(H,23,28). The molecule has 2 aliphatic heterocycles. The van der Waals surface area contributed by atoms with Gasteiger partial charge in [-0.3, -0.25) is 9.59 Å². The summed E-state index contributed by atoms with van der Waals surface area (Å²) in [6, 6.07) is 7.88. The second-order valence-corrected chi connectivity index (χ2v) is 8.23. The predicted octanol–water partition coefficient (Wildman–Crippen LogP) is 1.51. The molecule has 1 aromatic carbocycles. The van der Waals surface area contributed by atoms with Gasteiger partial charge in [-0.15, -0.1) is 0 Å². The first kappa shape index (κ1) is 18.9. The number of anilines is 1. The molecule has 2 heterocycles. The third-order valence-corrected chi connectivity index (χ3v) is 6.23. The van der Waals surface area contributed by atoms with Crippen molar-refractivity contribution in [3.8, 4) is 0 Å². The lowest BCUT2D eigenvalue weighted by Crippen LogP contribution is -2.55. The molecule has 0 bridgehead atoms. The van der Waals surface area contributed by atoms with E-state index in [1.54, 1.807) is 0 Å². The molecule has 2 amide bonds. The van der Waals surface area contributed by atoms with Gasteiger partial charge >= 0.3 is 0 Å². The summed E-state index contributed by atoms with van der Waals surface area (Å²) in [5.74, 6) is -0.233. The molecule has 0 spiro atoms. The molecule has 2 atom stereocenters. The Morgan fingerprint density at radius 2 is 2.07 bits per heavy atom. The Morgan fingerprint density at radius 1 is 1.32 bits per heavy atom. The largest absolute Gasteiger partial charge is 0.354 e. The van der Waals surface area contributed by atoms with Crippen molar-refractivity contribution in [2.45, 2.75) is 57.0 Å². The van der Waals surface area contributed by atoms with Gasteiger partial charge in [0, 0.05) is 18.7 Å². The maximum Gasteiger partial charge on any atom is 0.240 e. The number of hydrazone groups is 1. The first-order valence-electron chi connectivity index (χ1n) is 10.3. The molecule has 1 saturated carbocycles. The highest BCUT2D eigenvalue weighted by atomic mass is 16.2. The van der Waals surface area contributed by atoms with E-state index in [0.717, 1.165) is 49.1 Å². The van der Waals surface area contributed by atoms with Gasteiger partial charge in [0.25, 0.3) is 0 Å². The molecule has 2 unspecified atom stereocenters. The summed E-state index contributed by atoms with van der Waals surface area (Å²) in [4.78, 5) is 27.4. The van der Waals surface area contributed by atoms with Crippen LogP contribution in [0.5, 0.6) is 0 Å². The molecule has 1 fully saturated rings. The quantitative estimate of drug-likeness (QED) is 0.671. The zero-order valence-electron chi connectivity index (χ0n) is 16.4. The SMILES string of the molecule is CC1NN=C2c3ccccc3N(CCCNC(=O)C3(N)CCCCC3)C(=O)C21. The molecule has 0 aromatic heterocycles. The van der Waals surface area contributed by atoms with E-state index in [9.17, 15) is 9.59 Å². The molecule has 1 aliphatic carbocycles. The van der Waals surface area contributed by atoms with E-state index in [1.165, 1.54) is 0 Å². The summed E-state index contributed by atoms with van der Waals surface area (Å²) in [5, 5.41) is 7.38. The highest BCUT2D eigenvalue weighted by molar-refractivity contribution is 6.24. The van der Waals surface area contributed by atoms with Gasteiger partial charge < -0.3 is 21.4 Å². The topological polar surface area (TPSA) is 99.8 Å². The molecule has 7 nitrogen and oxygen atoms in total. The van der Waals surface area contributed by atoms with Crippen molar-refractivity contribution in [3.05, 3.63) is 29.8 Å². The number of carbonyl (C=O) groups is 2. The minimum atomic E-state index is -0.720. The smallest absolute Gasteiger partial charge is 0.240 e. The first-order valence-corrected chi connectivity index (χ1v) is 10.3. The van der Waals surface area contributed by atoms with Gasteiger partial charge in [-0.25, -0.2) is 0 Å². The third-order valence-electron chi connectivity index (χ3n) is 6.23. The molecule has 4 rings (SSSR count). The summed E-state index contributed by atoms with van der Waals surface area (Å²) >= 11 is 0. The summed E-state index contributed by atoms with van der Waals surface area (Å²) < 4.78 is 0. The Balaban J connectivity index is 1.39. The fraction of sp³-hybridized carbons (Fsp3) is 0.571. The lowest BCUT2D eigenvalue weighted by molar-refractivity contribution is -0.127. The predicted molar refractivity (Wildman–Crippen MR) is 109 cm³/mol. The normalized spacial score (nSPS) is 25.4. The van der Waals surface area contributed by atoms with Crippen LogP contribution in [0.3, 0.4) is 0 Å². The number of carbonyl (C=O) groups excluding carboxylic acids is 2. The Hall–Kier alpha value is -2.41. The summed E-state index contributed by atoms with van der Waals surface area (Å²) in [6.07, 6.45) is 5.38. The van der Waals surface area contributed by atoms with E-state index in [1.807, 2.05) is 36.1 Å². The highest BCUT2D eigenvalue weighted by Gasteiger charge is 2.43. The molecule has 28 heavy (non-hydrogen) atoms. The molecular formula is C21H29N5O2. The Bertz CT molecular complexity index is 800. The van der Waals surface area contributed by atoms with Crippen molar-refractivity contribution in [1.82, 2.24) is 10.7 Å². The Labute approximate surface area is 165 Å². The molecule has 3 aliphatic rings. The van der Waals surface area contributed by atoms with E-state index < -0.39 is 5.54 Å². The number of nitrogens with one attached hydrogen (secondary N) is 2. The van der Waals surface area contributed by atoms with Crippen LogP contribution in [-0.4, -0.2) is 42.2 Å². The van der Waals surface area contributed by atoms with Crippen LogP contribution in [0.4, 0.5) is 5.69 Å². The average molecular weight is 383 g/mol. The number of benzene rings is 1. The minimum absolute atomic E-state index is 0.0125. The van der Waals surface area contributed by atoms with Crippen molar-refractivity contribution < 1.29 is 9.59 Å². The van der Waals surface area contributed by atoms with Crippen LogP contribution >= 0.6 is 0 Å². The number of hydrogen-bond acceptors (Lipinski definition) is 5. The van der Waals surface area contributed by atoms with Gasteiger partial charge in [-0.05, 0) is 32.3 Å². The second kappa shape index (κ2) is 7.54. The minimum Gasteiger partial charge on any atom is -0.354 e. The Kier molecular flexibility index (Phi) is 5.10. The molecule has 0 radical (unpaired) electrons. The van der Waals surface area contributed by atoms with Crippen LogP contribution in [0.15, 0.2) is 29.4 Å². The maximum absolute atomic E-state index is 13.1. The Morgan fingerprint density at radius 3 is 2.86 bits per heavy atom. The van der Waals surface area contributed by atoms with E-state index >= 15 is 0 Å². The zero-order chi connectivity index (χ0) is 19.7. The molecule has 7 heteroatoms. The summed E-state index contributed by atoms with van der Waals surface area (Å²) in [7, 11) is 0. The van der Waals surface area contributed by atoms with Crippen LogP contribution in [0.2, 0.25) is 0 Å².